The third kappa shape index (κ3) is 4.38. The fraction of sp³-hybridized carbons (Fsp3) is 0.250. The smallest absolute Gasteiger partial charge is 0.336 e. The number of methoxy groups -OCH3 is 1. The largest absolute Gasteiger partial charge is 0.496 e. The van der Waals surface area contributed by atoms with Crippen LogP contribution in [-0.2, 0) is 4.79 Å². The summed E-state index contributed by atoms with van der Waals surface area (Å²) < 4.78 is 10.9. The number of hydrogen-bond acceptors (Lipinski definition) is 3. The van der Waals surface area contributed by atoms with Crippen LogP contribution >= 0.6 is 0 Å². The van der Waals surface area contributed by atoms with E-state index in [9.17, 15) is 9.90 Å². The Balaban J connectivity index is 2.46. The van der Waals surface area contributed by atoms with E-state index in [-0.39, 0.29) is 5.57 Å². The predicted molar refractivity (Wildman–Crippen MR) is 95.5 cm³/mol. The van der Waals surface area contributed by atoms with Crippen LogP contribution in [0.15, 0.2) is 42.5 Å². The van der Waals surface area contributed by atoms with Gasteiger partial charge in [-0.15, -0.1) is 0 Å². The molecule has 126 valence electrons. The molecule has 4 heteroatoms. The average Bonchev–Trinajstić information content (AvgIpc) is 2.58. The van der Waals surface area contributed by atoms with Gasteiger partial charge in [0.25, 0.3) is 0 Å². The number of benzene rings is 2. The van der Waals surface area contributed by atoms with Gasteiger partial charge in [-0.05, 0) is 49.2 Å². The maximum absolute atomic E-state index is 11.8. The van der Waals surface area contributed by atoms with Crippen LogP contribution in [0.5, 0.6) is 11.5 Å². The van der Waals surface area contributed by atoms with Gasteiger partial charge in [0.05, 0.1) is 19.3 Å². The molecule has 0 aromatic heterocycles. The van der Waals surface area contributed by atoms with E-state index in [0.29, 0.717) is 17.9 Å². The van der Waals surface area contributed by atoms with Gasteiger partial charge in [-0.1, -0.05) is 30.7 Å². The van der Waals surface area contributed by atoms with Crippen molar-refractivity contribution in [1.82, 2.24) is 0 Å². The maximum atomic E-state index is 11.8. The maximum Gasteiger partial charge on any atom is 0.336 e. The van der Waals surface area contributed by atoms with Crippen molar-refractivity contribution in [2.45, 2.75) is 20.3 Å². The Morgan fingerprint density at radius 2 is 2.00 bits per heavy atom. The third-order valence-corrected chi connectivity index (χ3v) is 3.52. The Labute approximate surface area is 142 Å². The van der Waals surface area contributed by atoms with Gasteiger partial charge in [0.2, 0.25) is 0 Å². The SMILES string of the molecule is CCCOc1cccc(/C=C(\C(=O)O)c2cc(C)ccc2OC)c1. The van der Waals surface area contributed by atoms with Crippen molar-refractivity contribution >= 4 is 17.6 Å². The molecule has 0 heterocycles. The van der Waals surface area contributed by atoms with E-state index < -0.39 is 5.97 Å². The number of hydrogen-bond donors (Lipinski definition) is 1. The Hall–Kier alpha value is -2.75. The average molecular weight is 326 g/mol. The number of aryl methyl sites for hydroxylation is 1. The lowest BCUT2D eigenvalue weighted by atomic mass is 10.00. The molecule has 2 rings (SSSR count). The van der Waals surface area contributed by atoms with E-state index in [1.54, 1.807) is 12.1 Å². The third-order valence-electron chi connectivity index (χ3n) is 3.52. The highest BCUT2D eigenvalue weighted by molar-refractivity contribution is 6.21. The molecule has 0 spiro atoms. The quantitative estimate of drug-likeness (QED) is 0.604. The molecule has 2 aromatic rings. The summed E-state index contributed by atoms with van der Waals surface area (Å²) in [5.74, 6) is 0.262. The molecular formula is C20H22O4. The number of rotatable bonds is 7. The monoisotopic (exact) mass is 326 g/mol. The number of carbonyl (C=O) groups is 1. The first-order valence-corrected chi connectivity index (χ1v) is 7.88. The molecule has 0 aliphatic rings. The van der Waals surface area contributed by atoms with Crippen molar-refractivity contribution in [2.24, 2.45) is 0 Å². The molecule has 2 aromatic carbocycles. The minimum absolute atomic E-state index is 0.184. The van der Waals surface area contributed by atoms with Crippen molar-refractivity contribution in [3.05, 3.63) is 59.2 Å². The van der Waals surface area contributed by atoms with Gasteiger partial charge in [0.1, 0.15) is 11.5 Å². The number of aliphatic carboxylic acids is 1. The van der Waals surface area contributed by atoms with Crippen molar-refractivity contribution in [3.8, 4) is 11.5 Å². The van der Waals surface area contributed by atoms with Crippen LogP contribution in [0.3, 0.4) is 0 Å². The molecule has 0 bridgehead atoms. The highest BCUT2D eigenvalue weighted by atomic mass is 16.5. The molecule has 1 N–H and O–H groups in total. The van der Waals surface area contributed by atoms with Crippen LogP contribution in [0.25, 0.3) is 11.6 Å². The summed E-state index contributed by atoms with van der Waals surface area (Å²) in [6, 6.07) is 12.9. The first-order chi connectivity index (χ1) is 11.5. The van der Waals surface area contributed by atoms with Crippen LogP contribution in [0.2, 0.25) is 0 Å². The molecule has 0 amide bonds. The van der Waals surface area contributed by atoms with Crippen molar-refractivity contribution in [3.63, 3.8) is 0 Å². The predicted octanol–water partition coefficient (Wildman–Crippen LogP) is 4.42. The molecule has 0 aliphatic carbocycles. The fourth-order valence-electron chi connectivity index (χ4n) is 2.37. The standard InChI is InChI=1S/C20H22O4/c1-4-10-24-16-7-5-6-15(12-16)13-18(20(21)22)17-11-14(2)8-9-19(17)23-3/h5-9,11-13H,4,10H2,1-3H3,(H,21,22)/b18-13-. The molecule has 0 fully saturated rings. The molecule has 0 unspecified atom stereocenters. The van der Waals surface area contributed by atoms with Crippen LogP contribution in [0.1, 0.15) is 30.0 Å². The van der Waals surface area contributed by atoms with Gasteiger partial charge < -0.3 is 14.6 Å². The van der Waals surface area contributed by atoms with Gasteiger partial charge in [-0.2, -0.15) is 0 Å². The lowest BCUT2D eigenvalue weighted by Gasteiger charge is -2.11. The second kappa shape index (κ2) is 8.20. The first-order valence-electron chi connectivity index (χ1n) is 7.88. The normalized spacial score (nSPS) is 11.2. The lowest BCUT2D eigenvalue weighted by Crippen LogP contribution is -2.02. The molecule has 0 saturated heterocycles. The summed E-state index contributed by atoms with van der Waals surface area (Å²) in [6.45, 7) is 4.59. The van der Waals surface area contributed by atoms with Crippen LogP contribution in [-0.4, -0.2) is 24.8 Å². The van der Waals surface area contributed by atoms with E-state index in [0.717, 1.165) is 23.3 Å². The van der Waals surface area contributed by atoms with Gasteiger partial charge in [0, 0.05) is 5.56 Å². The van der Waals surface area contributed by atoms with Gasteiger partial charge >= 0.3 is 5.97 Å². The summed E-state index contributed by atoms with van der Waals surface area (Å²) >= 11 is 0. The second-order valence-corrected chi connectivity index (χ2v) is 5.49. The Morgan fingerprint density at radius 3 is 2.67 bits per heavy atom. The van der Waals surface area contributed by atoms with E-state index in [4.69, 9.17) is 9.47 Å². The van der Waals surface area contributed by atoms with Crippen molar-refractivity contribution in [1.29, 1.82) is 0 Å². The fourth-order valence-corrected chi connectivity index (χ4v) is 2.37. The molecule has 4 nitrogen and oxygen atoms in total. The second-order valence-electron chi connectivity index (χ2n) is 5.49. The van der Waals surface area contributed by atoms with E-state index in [1.807, 2.05) is 50.2 Å². The van der Waals surface area contributed by atoms with Crippen LogP contribution in [0, 0.1) is 6.92 Å². The Morgan fingerprint density at radius 1 is 1.21 bits per heavy atom. The molecule has 0 aliphatic heterocycles. The zero-order valence-electron chi connectivity index (χ0n) is 14.2. The topological polar surface area (TPSA) is 55.8 Å². The zero-order valence-corrected chi connectivity index (χ0v) is 14.2. The summed E-state index contributed by atoms with van der Waals surface area (Å²) in [6.07, 6.45) is 2.55. The Bertz CT molecular complexity index is 747. The van der Waals surface area contributed by atoms with Gasteiger partial charge in [-0.25, -0.2) is 4.79 Å². The number of carboxylic acid groups (broad SMARTS) is 1. The summed E-state index contributed by atoms with van der Waals surface area (Å²) in [5, 5.41) is 9.65. The molecule has 24 heavy (non-hydrogen) atoms. The molecule has 0 saturated carbocycles. The minimum Gasteiger partial charge on any atom is -0.496 e. The highest BCUT2D eigenvalue weighted by Crippen LogP contribution is 2.29. The summed E-state index contributed by atoms with van der Waals surface area (Å²) in [4.78, 5) is 11.8. The van der Waals surface area contributed by atoms with Crippen LogP contribution < -0.4 is 9.47 Å². The van der Waals surface area contributed by atoms with Crippen molar-refractivity contribution in [2.75, 3.05) is 13.7 Å². The lowest BCUT2D eigenvalue weighted by molar-refractivity contribution is -0.130. The summed E-state index contributed by atoms with van der Waals surface area (Å²) in [7, 11) is 1.53. The minimum atomic E-state index is -1.00. The van der Waals surface area contributed by atoms with E-state index in [1.165, 1.54) is 7.11 Å². The van der Waals surface area contributed by atoms with Gasteiger partial charge in [-0.3, -0.25) is 0 Å². The number of ether oxygens (including phenoxy) is 2. The van der Waals surface area contributed by atoms with Crippen LogP contribution in [0.4, 0.5) is 0 Å². The summed E-state index contributed by atoms with van der Waals surface area (Å²) in [5.41, 5.74) is 2.48. The number of carboxylic acids is 1. The van der Waals surface area contributed by atoms with E-state index >= 15 is 0 Å². The zero-order chi connectivity index (χ0) is 17.5. The van der Waals surface area contributed by atoms with Gasteiger partial charge in [0.15, 0.2) is 0 Å². The molecular weight excluding hydrogens is 304 g/mol. The molecule has 0 atom stereocenters. The Kier molecular flexibility index (Phi) is 6.01. The first kappa shape index (κ1) is 17.6. The van der Waals surface area contributed by atoms with E-state index in [2.05, 4.69) is 0 Å². The highest BCUT2D eigenvalue weighted by Gasteiger charge is 2.16. The molecule has 0 radical (unpaired) electrons. The van der Waals surface area contributed by atoms with Crippen molar-refractivity contribution < 1.29 is 19.4 Å².